The van der Waals surface area contributed by atoms with E-state index in [9.17, 15) is 9.59 Å². The van der Waals surface area contributed by atoms with Crippen LogP contribution in [0.25, 0.3) is 10.9 Å². The van der Waals surface area contributed by atoms with Crippen molar-refractivity contribution in [2.45, 2.75) is 26.0 Å². The number of rotatable bonds is 9. The van der Waals surface area contributed by atoms with Crippen molar-refractivity contribution in [2.75, 3.05) is 58.3 Å². The second-order valence-corrected chi connectivity index (χ2v) is 10.4. The van der Waals surface area contributed by atoms with Gasteiger partial charge in [0.1, 0.15) is 5.75 Å². The fourth-order valence-electron chi connectivity index (χ4n) is 4.58. The third kappa shape index (κ3) is 6.73. The van der Waals surface area contributed by atoms with E-state index in [1.165, 1.54) is 15.5 Å². The van der Waals surface area contributed by atoms with Gasteiger partial charge < -0.3 is 19.3 Å². The maximum absolute atomic E-state index is 12.6. The van der Waals surface area contributed by atoms with Crippen LogP contribution in [-0.4, -0.2) is 73.9 Å². The monoisotopic (exact) mass is 560 g/mol. The predicted octanol–water partition coefficient (Wildman–Crippen LogP) is 5.51. The number of carbonyl (C=O) groups is 1. The SMILES string of the molecule is CC(OC(=O)N(C)C)n1c(=O)ccc2ccc(OCCCCN3CCN(c4cccc(Cl)c4Cl)CC3)cc21. The lowest BCUT2D eigenvalue weighted by Crippen LogP contribution is -2.46. The van der Waals surface area contributed by atoms with Crippen LogP contribution in [0.5, 0.6) is 5.75 Å². The highest BCUT2D eigenvalue weighted by Gasteiger charge is 2.20. The van der Waals surface area contributed by atoms with Gasteiger partial charge in [0.15, 0.2) is 6.23 Å². The van der Waals surface area contributed by atoms with Gasteiger partial charge in [0.2, 0.25) is 0 Å². The van der Waals surface area contributed by atoms with E-state index in [-0.39, 0.29) is 5.56 Å². The number of benzene rings is 2. The van der Waals surface area contributed by atoms with E-state index in [2.05, 4.69) is 9.80 Å². The Morgan fingerprint density at radius 3 is 2.50 bits per heavy atom. The molecule has 8 nitrogen and oxygen atoms in total. The van der Waals surface area contributed by atoms with Crippen LogP contribution in [0.3, 0.4) is 0 Å². The van der Waals surface area contributed by atoms with Gasteiger partial charge in [0, 0.05) is 52.4 Å². The van der Waals surface area contributed by atoms with E-state index >= 15 is 0 Å². The average Bonchev–Trinajstić information content (AvgIpc) is 2.90. The second kappa shape index (κ2) is 12.7. The van der Waals surface area contributed by atoms with Crippen molar-refractivity contribution in [3.05, 3.63) is 68.9 Å². The van der Waals surface area contributed by atoms with Crippen molar-refractivity contribution in [1.82, 2.24) is 14.4 Å². The number of piperazine rings is 1. The summed E-state index contributed by atoms with van der Waals surface area (Å²) >= 11 is 12.6. The van der Waals surface area contributed by atoms with Gasteiger partial charge in [0.05, 0.1) is 27.9 Å². The number of anilines is 1. The minimum absolute atomic E-state index is 0.244. The molecule has 2 aromatic carbocycles. The molecule has 1 fully saturated rings. The Morgan fingerprint density at radius 2 is 1.76 bits per heavy atom. The van der Waals surface area contributed by atoms with Crippen molar-refractivity contribution in [1.29, 1.82) is 0 Å². The molecule has 1 atom stereocenters. The molecule has 1 unspecified atom stereocenters. The van der Waals surface area contributed by atoms with E-state index in [0.29, 0.717) is 27.9 Å². The molecular weight excluding hydrogens is 527 g/mol. The van der Waals surface area contributed by atoms with Gasteiger partial charge in [-0.15, -0.1) is 0 Å². The summed E-state index contributed by atoms with van der Waals surface area (Å²) in [5.41, 5.74) is 1.41. The highest BCUT2D eigenvalue weighted by Crippen LogP contribution is 2.33. The summed E-state index contributed by atoms with van der Waals surface area (Å²) in [5.74, 6) is 0.676. The largest absolute Gasteiger partial charge is 0.494 e. The van der Waals surface area contributed by atoms with Crippen molar-refractivity contribution < 1.29 is 14.3 Å². The highest BCUT2D eigenvalue weighted by molar-refractivity contribution is 6.43. The van der Waals surface area contributed by atoms with E-state index in [0.717, 1.165) is 56.6 Å². The maximum Gasteiger partial charge on any atom is 0.411 e. The standard InChI is InChI=1S/C28H34Cl2N4O4/c1-20(38-28(36)31(2)3)34-25-19-22(11-9-21(25)10-12-26(34)35)37-18-5-4-13-32-14-16-33(17-15-32)24-8-6-7-23(29)27(24)30/h6-12,19-20H,4-5,13-18H2,1-3H3. The van der Waals surface area contributed by atoms with Gasteiger partial charge in [-0.3, -0.25) is 14.3 Å². The topological polar surface area (TPSA) is 67.2 Å². The molecule has 204 valence electrons. The number of hydrogen-bond acceptors (Lipinski definition) is 6. The molecule has 0 N–H and O–H groups in total. The number of halogens is 2. The summed E-state index contributed by atoms with van der Waals surface area (Å²) in [6.45, 7) is 7.04. The Hall–Kier alpha value is -2.94. The minimum Gasteiger partial charge on any atom is -0.494 e. The number of fused-ring (bicyclic) bond motifs is 1. The fraction of sp³-hybridized carbons (Fsp3) is 0.429. The lowest BCUT2D eigenvalue weighted by atomic mass is 10.2. The third-order valence-corrected chi connectivity index (χ3v) is 7.49. The lowest BCUT2D eigenvalue weighted by Gasteiger charge is -2.36. The molecular formula is C28H34Cl2N4O4. The van der Waals surface area contributed by atoms with E-state index in [1.54, 1.807) is 27.1 Å². The van der Waals surface area contributed by atoms with Crippen LogP contribution in [0.1, 0.15) is 26.0 Å². The van der Waals surface area contributed by atoms with Crippen LogP contribution in [-0.2, 0) is 4.74 Å². The van der Waals surface area contributed by atoms with E-state index in [1.807, 2.05) is 36.4 Å². The van der Waals surface area contributed by atoms with E-state index in [4.69, 9.17) is 32.7 Å². The first-order chi connectivity index (χ1) is 18.2. The number of amides is 1. The van der Waals surface area contributed by atoms with Gasteiger partial charge in [-0.05, 0) is 62.0 Å². The summed E-state index contributed by atoms with van der Waals surface area (Å²) in [6.07, 6.45) is 0.667. The molecule has 1 aliphatic heterocycles. The number of pyridine rings is 1. The molecule has 1 aromatic heterocycles. The van der Waals surface area contributed by atoms with Crippen LogP contribution >= 0.6 is 23.2 Å². The zero-order valence-corrected chi connectivity index (χ0v) is 23.5. The number of nitrogens with zero attached hydrogens (tertiary/aromatic N) is 4. The zero-order valence-electron chi connectivity index (χ0n) is 22.0. The minimum atomic E-state index is -0.758. The van der Waals surface area contributed by atoms with E-state index < -0.39 is 12.3 Å². The van der Waals surface area contributed by atoms with Gasteiger partial charge >= 0.3 is 6.09 Å². The number of hydrogen-bond donors (Lipinski definition) is 0. The molecule has 0 saturated carbocycles. The number of unbranched alkanes of at least 4 members (excludes halogenated alkanes) is 1. The molecule has 0 spiro atoms. The van der Waals surface area contributed by atoms with Crippen LogP contribution in [0.4, 0.5) is 10.5 Å². The van der Waals surface area contributed by atoms with Crippen LogP contribution in [0.2, 0.25) is 10.0 Å². The Labute approximate surface area is 233 Å². The molecule has 0 radical (unpaired) electrons. The lowest BCUT2D eigenvalue weighted by molar-refractivity contribution is 0.0488. The average molecular weight is 562 g/mol. The number of carbonyl (C=O) groups excluding carboxylic acids is 1. The number of aromatic nitrogens is 1. The molecule has 2 heterocycles. The Balaban J connectivity index is 1.27. The highest BCUT2D eigenvalue weighted by atomic mass is 35.5. The summed E-state index contributed by atoms with van der Waals surface area (Å²) in [7, 11) is 3.20. The van der Waals surface area contributed by atoms with Gasteiger partial charge in [0.25, 0.3) is 5.56 Å². The van der Waals surface area contributed by atoms with Crippen LogP contribution < -0.4 is 15.2 Å². The van der Waals surface area contributed by atoms with Gasteiger partial charge in [-0.1, -0.05) is 29.3 Å². The molecule has 0 bridgehead atoms. The summed E-state index contributed by atoms with van der Waals surface area (Å²) in [4.78, 5) is 30.7. The normalized spacial score (nSPS) is 14.9. The van der Waals surface area contributed by atoms with Crippen molar-refractivity contribution in [2.24, 2.45) is 0 Å². The first-order valence-corrected chi connectivity index (χ1v) is 13.6. The molecule has 1 aliphatic rings. The molecule has 3 aromatic rings. The summed E-state index contributed by atoms with van der Waals surface area (Å²) in [6, 6.07) is 14.6. The summed E-state index contributed by atoms with van der Waals surface area (Å²) < 4.78 is 12.9. The third-order valence-electron chi connectivity index (χ3n) is 6.69. The van der Waals surface area contributed by atoms with Crippen molar-refractivity contribution in [3.63, 3.8) is 0 Å². The molecule has 10 heteroatoms. The first-order valence-electron chi connectivity index (χ1n) is 12.8. The molecule has 4 rings (SSSR count). The maximum atomic E-state index is 12.6. The fourth-order valence-corrected chi connectivity index (χ4v) is 4.99. The predicted molar refractivity (Wildman–Crippen MR) is 153 cm³/mol. The Morgan fingerprint density at radius 1 is 1.03 bits per heavy atom. The Bertz CT molecular complexity index is 1320. The smallest absolute Gasteiger partial charge is 0.411 e. The van der Waals surface area contributed by atoms with Crippen molar-refractivity contribution in [3.8, 4) is 5.75 Å². The summed E-state index contributed by atoms with van der Waals surface area (Å²) in [5, 5.41) is 2.07. The van der Waals surface area contributed by atoms with Crippen molar-refractivity contribution >= 4 is 45.9 Å². The van der Waals surface area contributed by atoms with Gasteiger partial charge in [-0.2, -0.15) is 0 Å². The van der Waals surface area contributed by atoms with Crippen LogP contribution in [0.15, 0.2) is 53.3 Å². The first kappa shape index (κ1) is 28.1. The van der Waals surface area contributed by atoms with Crippen LogP contribution in [0, 0.1) is 0 Å². The molecule has 1 saturated heterocycles. The van der Waals surface area contributed by atoms with Gasteiger partial charge in [-0.25, -0.2) is 4.79 Å². The number of ether oxygens (including phenoxy) is 2. The molecule has 0 aliphatic carbocycles. The molecule has 1 amide bonds. The zero-order chi connectivity index (χ0) is 27.2. The second-order valence-electron chi connectivity index (χ2n) is 9.60. The molecule has 38 heavy (non-hydrogen) atoms. The Kier molecular flexibility index (Phi) is 9.41. The quantitative estimate of drug-likeness (QED) is 0.321.